The van der Waals surface area contributed by atoms with Gasteiger partial charge in [-0.15, -0.1) is 11.8 Å². The van der Waals surface area contributed by atoms with Gasteiger partial charge in [-0.1, -0.05) is 18.2 Å². The van der Waals surface area contributed by atoms with Crippen LogP contribution in [0.15, 0.2) is 51.8 Å². The molecule has 0 saturated carbocycles. The van der Waals surface area contributed by atoms with Crippen molar-refractivity contribution in [2.24, 2.45) is 0 Å². The lowest BCUT2D eigenvalue weighted by Gasteiger charge is -2.02. The largest absolute Gasteiger partial charge is 0.460 e. The zero-order valence-electron chi connectivity index (χ0n) is 10.7. The Morgan fingerprint density at radius 3 is 2.37 bits per heavy atom. The molecule has 0 unspecified atom stereocenters. The number of hydrogen-bond donors (Lipinski definition) is 0. The molecule has 0 radical (unpaired) electrons. The molecule has 0 N–H and O–H groups in total. The SMILES string of the molecule is CSc1c(C)oc2ccc(-c3ccc(F)cc3)cc12. The van der Waals surface area contributed by atoms with Gasteiger partial charge in [-0.05, 0) is 48.6 Å². The third-order valence-electron chi connectivity index (χ3n) is 3.19. The molecule has 1 nitrogen and oxygen atoms in total. The van der Waals surface area contributed by atoms with Crippen molar-refractivity contribution in [1.29, 1.82) is 0 Å². The maximum absolute atomic E-state index is 13.0. The van der Waals surface area contributed by atoms with Crippen LogP contribution in [0.3, 0.4) is 0 Å². The predicted octanol–water partition coefficient (Wildman–Crippen LogP) is 5.27. The maximum atomic E-state index is 13.0. The molecule has 0 aliphatic rings. The van der Waals surface area contributed by atoms with Gasteiger partial charge in [0.1, 0.15) is 17.2 Å². The second-order valence-electron chi connectivity index (χ2n) is 4.41. The minimum Gasteiger partial charge on any atom is -0.460 e. The molecule has 0 atom stereocenters. The Bertz CT molecular complexity index is 728. The van der Waals surface area contributed by atoms with E-state index < -0.39 is 0 Å². The van der Waals surface area contributed by atoms with Gasteiger partial charge in [0, 0.05) is 5.39 Å². The van der Waals surface area contributed by atoms with Gasteiger partial charge in [0.2, 0.25) is 0 Å². The summed E-state index contributed by atoms with van der Waals surface area (Å²) in [5.41, 5.74) is 2.98. The summed E-state index contributed by atoms with van der Waals surface area (Å²) in [7, 11) is 0. The highest BCUT2D eigenvalue weighted by atomic mass is 32.2. The van der Waals surface area contributed by atoms with Gasteiger partial charge in [-0.2, -0.15) is 0 Å². The quantitative estimate of drug-likeness (QED) is 0.589. The third kappa shape index (κ3) is 2.15. The summed E-state index contributed by atoms with van der Waals surface area (Å²) in [6.45, 7) is 1.98. The zero-order valence-corrected chi connectivity index (χ0v) is 11.6. The van der Waals surface area contributed by atoms with Crippen molar-refractivity contribution >= 4 is 22.7 Å². The first kappa shape index (κ1) is 12.3. The second kappa shape index (κ2) is 4.74. The minimum absolute atomic E-state index is 0.214. The molecule has 2 aromatic carbocycles. The van der Waals surface area contributed by atoms with Crippen molar-refractivity contribution in [3.05, 3.63) is 54.0 Å². The van der Waals surface area contributed by atoms with Crippen LogP contribution < -0.4 is 0 Å². The van der Waals surface area contributed by atoms with E-state index in [0.29, 0.717) is 0 Å². The van der Waals surface area contributed by atoms with E-state index in [-0.39, 0.29) is 5.82 Å². The normalized spacial score (nSPS) is 11.1. The van der Waals surface area contributed by atoms with Crippen LogP contribution in [0, 0.1) is 12.7 Å². The molecule has 0 aliphatic heterocycles. The number of fused-ring (bicyclic) bond motifs is 1. The Kier molecular flexibility index (Phi) is 3.07. The molecule has 0 spiro atoms. The number of halogens is 1. The van der Waals surface area contributed by atoms with Gasteiger partial charge >= 0.3 is 0 Å². The van der Waals surface area contributed by atoms with E-state index in [9.17, 15) is 4.39 Å². The Balaban J connectivity index is 2.17. The van der Waals surface area contributed by atoms with Crippen molar-refractivity contribution in [3.8, 4) is 11.1 Å². The summed E-state index contributed by atoms with van der Waals surface area (Å²) >= 11 is 1.68. The first-order chi connectivity index (χ1) is 9.19. The molecule has 3 rings (SSSR count). The molecule has 0 bridgehead atoms. The third-order valence-corrected chi connectivity index (χ3v) is 4.10. The van der Waals surface area contributed by atoms with Gasteiger partial charge in [0.15, 0.2) is 0 Å². The summed E-state index contributed by atoms with van der Waals surface area (Å²) < 4.78 is 18.7. The van der Waals surface area contributed by atoms with Crippen molar-refractivity contribution in [2.75, 3.05) is 6.26 Å². The summed E-state index contributed by atoms with van der Waals surface area (Å²) in [4.78, 5) is 1.17. The number of thioether (sulfide) groups is 1. The molecule has 3 aromatic rings. The average Bonchev–Trinajstić information content (AvgIpc) is 2.74. The van der Waals surface area contributed by atoms with Crippen LogP contribution in [0.2, 0.25) is 0 Å². The summed E-state index contributed by atoms with van der Waals surface area (Å²) in [6.07, 6.45) is 2.04. The average molecular weight is 272 g/mol. The maximum Gasteiger partial charge on any atom is 0.135 e. The molecule has 0 saturated heterocycles. The fourth-order valence-electron chi connectivity index (χ4n) is 2.27. The highest BCUT2D eigenvalue weighted by Crippen LogP contribution is 2.35. The molecule has 96 valence electrons. The van der Waals surface area contributed by atoms with E-state index in [1.807, 2.05) is 25.3 Å². The molecule has 1 aromatic heterocycles. The topological polar surface area (TPSA) is 13.1 Å². The van der Waals surface area contributed by atoms with Crippen molar-refractivity contribution in [2.45, 2.75) is 11.8 Å². The number of hydrogen-bond acceptors (Lipinski definition) is 2. The van der Waals surface area contributed by atoms with Crippen LogP contribution in [0.1, 0.15) is 5.76 Å². The smallest absolute Gasteiger partial charge is 0.135 e. The Hall–Kier alpha value is -1.74. The minimum atomic E-state index is -0.214. The number of rotatable bonds is 2. The van der Waals surface area contributed by atoms with E-state index in [1.54, 1.807) is 23.9 Å². The van der Waals surface area contributed by atoms with Crippen molar-refractivity contribution in [3.63, 3.8) is 0 Å². The van der Waals surface area contributed by atoms with Crippen LogP contribution in [0.5, 0.6) is 0 Å². The fraction of sp³-hybridized carbons (Fsp3) is 0.125. The molecule has 3 heteroatoms. The Labute approximate surface area is 115 Å². The van der Waals surface area contributed by atoms with Gasteiger partial charge in [-0.25, -0.2) is 4.39 Å². The second-order valence-corrected chi connectivity index (χ2v) is 5.23. The lowest BCUT2D eigenvalue weighted by atomic mass is 10.0. The number of furan rings is 1. The highest BCUT2D eigenvalue weighted by Gasteiger charge is 2.11. The summed E-state index contributed by atoms with van der Waals surface area (Å²) in [6, 6.07) is 12.6. The van der Waals surface area contributed by atoms with Gasteiger partial charge in [0.25, 0.3) is 0 Å². The molecule has 19 heavy (non-hydrogen) atoms. The summed E-state index contributed by atoms with van der Waals surface area (Å²) in [5.74, 6) is 0.729. The number of aryl methyl sites for hydroxylation is 1. The standard InChI is InChI=1S/C16H13FOS/c1-10-16(19-2)14-9-12(5-8-15(14)18-10)11-3-6-13(17)7-4-11/h3-9H,1-2H3. The van der Waals surface area contributed by atoms with E-state index >= 15 is 0 Å². The lowest BCUT2D eigenvalue weighted by molar-refractivity contribution is 0.568. The van der Waals surface area contributed by atoms with Crippen LogP contribution in [0.4, 0.5) is 4.39 Å². The fourth-order valence-corrected chi connectivity index (χ4v) is 2.98. The zero-order chi connectivity index (χ0) is 13.4. The van der Waals surface area contributed by atoms with Gasteiger partial charge < -0.3 is 4.42 Å². The molecular weight excluding hydrogens is 259 g/mol. The van der Waals surface area contributed by atoms with E-state index in [4.69, 9.17) is 4.42 Å². The predicted molar refractivity (Wildman–Crippen MR) is 78.1 cm³/mol. The van der Waals surface area contributed by atoms with Crippen LogP contribution >= 0.6 is 11.8 Å². The number of benzene rings is 2. The van der Waals surface area contributed by atoms with Crippen molar-refractivity contribution in [1.82, 2.24) is 0 Å². The molecule has 1 heterocycles. The van der Waals surface area contributed by atoms with E-state index in [2.05, 4.69) is 6.07 Å². The van der Waals surface area contributed by atoms with Crippen LogP contribution in [-0.4, -0.2) is 6.26 Å². The molecule has 0 amide bonds. The Morgan fingerprint density at radius 1 is 1.00 bits per heavy atom. The first-order valence-corrected chi connectivity index (χ1v) is 7.24. The first-order valence-electron chi connectivity index (χ1n) is 6.02. The Morgan fingerprint density at radius 2 is 1.68 bits per heavy atom. The summed E-state index contributed by atoms with van der Waals surface area (Å²) in [5, 5.41) is 1.12. The van der Waals surface area contributed by atoms with E-state index in [1.165, 1.54) is 17.0 Å². The molecular formula is C16H13FOS. The highest BCUT2D eigenvalue weighted by molar-refractivity contribution is 7.98. The monoisotopic (exact) mass is 272 g/mol. The lowest BCUT2D eigenvalue weighted by Crippen LogP contribution is -1.79. The van der Waals surface area contributed by atoms with Gasteiger partial charge in [0.05, 0.1) is 4.90 Å². The van der Waals surface area contributed by atoms with Crippen LogP contribution in [-0.2, 0) is 0 Å². The van der Waals surface area contributed by atoms with Crippen molar-refractivity contribution < 1.29 is 8.81 Å². The molecule has 0 aliphatic carbocycles. The van der Waals surface area contributed by atoms with Gasteiger partial charge in [-0.3, -0.25) is 0 Å². The van der Waals surface area contributed by atoms with E-state index in [0.717, 1.165) is 27.9 Å². The van der Waals surface area contributed by atoms with Crippen LogP contribution in [0.25, 0.3) is 22.1 Å². The molecule has 0 fully saturated rings.